The fourth-order valence-corrected chi connectivity index (χ4v) is 5.18. The van der Waals surface area contributed by atoms with Gasteiger partial charge in [0.1, 0.15) is 11.2 Å². The van der Waals surface area contributed by atoms with Gasteiger partial charge in [-0.3, -0.25) is 0 Å². The number of fused-ring (bicyclic) bond motifs is 1. The molecular weight excluding hydrogens is 396 g/mol. The highest BCUT2D eigenvalue weighted by Gasteiger charge is 2.20. The molecule has 0 radical (unpaired) electrons. The number of para-hydroxylation sites is 2. The molecule has 4 rings (SSSR count). The van der Waals surface area contributed by atoms with E-state index in [4.69, 9.17) is 0 Å². The van der Waals surface area contributed by atoms with E-state index in [0.717, 1.165) is 13.0 Å². The highest BCUT2D eigenvalue weighted by atomic mass is 32.1. The van der Waals surface area contributed by atoms with Gasteiger partial charge in [0.15, 0.2) is 0 Å². The zero-order valence-electron chi connectivity index (χ0n) is 18.5. The van der Waals surface area contributed by atoms with Gasteiger partial charge in [-0.25, -0.2) is 0 Å². The Hall–Kier alpha value is -3.17. The Labute approximate surface area is 189 Å². The molecule has 0 saturated heterocycles. The van der Waals surface area contributed by atoms with Crippen LogP contribution in [0.5, 0.6) is 0 Å². The predicted octanol–water partition coefficient (Wildman–Crippen LogP) is 7.42. The van der Waals surface area contributed by atoms with Crippen molar-refractivity contribution in [2.45, 2.75) is 33.7 Å². The number of hydrogen-bond acceptors (Lipinski definition) is 2. The molecule has 0 unspecified atom stereocenters. The second-order valence-corrected chi connectivity index (χ2v) is 8.44. The molecule has 3 aromatic rings. The lowest BCUT2D eigenvalue weighted by Crippen LogP contribution is -2.33. The first-order chi connectivity index (χ1) is 15.3. The summed E-state index contributed by atoms with van der Waals surface area (Å²) in [7, 11) is 0. The van der Waals surface area contributed by atoms with Crippen LogP contribution >= 0.6 is 11.3 Å². The summed E-state index contributed by atoms with van der Waals surface area (Å²) >= 11 is 1.85. The summed E-state index contributed by atoms with van der Waals surface area (Å²) < 4.78 is 3.72. The van der Waals surface area contributed by atoms with Crippen molar-refractivity contribution in [1.82, 2.24) is 0 Å². The molecule has 0 N–H and O–H groups in total. The van der Waals surface area contributed by atoms with Crippen molar-refractivity contribution >= 4 is 33.3 Å². The molecule has 1 aliphatic rings. The summed E-state index contributed by atoms with van der Waals surface area (Å²) in [5.74, 6) is 0. The summed E-state index contributed by atoms with van der Waals surface area (Å²) in [5.41, 5.74) is 6.24. The van der Waals surface area contributed by atoms with Crippen LogP contribution in [0.1, 0.15) is 32.2 Å². The summed E-state index contributed by atoms with van der Waals surface area (Å²) in [6, 6.07) is 19.3. The highest BCUT2D eigenvalue weighted by Crippen LogP contribution is 2.33. The maximum Gasteiger partial charge on any atom is 0.262 e. The van der Waals surface area contributed by atoms with Gasteiger partial charge in [-0.1, -0.05) is 66.0 Å². The lowest BCUT2D eigenvalue weighted by atomic mass is 10.1. The van der Waals surface area contributed by atoms with Crippen molar-refractivity contribution in [3.05, 3.63) is 113 Å². The van der Waals surface area contributed by atoms with E-state index in [9.17, 15) is 0 Å². The third-order valence-corrected chi connectivity index (χ3v) is 6.61. The minimum Gasteiger partial charge on any atom is -0.314 e. The molecule has 0 spiro atoms. The van der Waals surface area contributed by atoms with Gasteiger partial charge < -0.3 is 4.90 Å². The second kappa shape index (κ2) is 9.76. The number of allylic oxidation sites excluding steroid dienone is 7. The first kappa shape index (κ1) is 21.1. The first-order valence-electron chi connectivity index (χ1n) is 10.9. The molecular formula is C28H29N2S+. The Balaban J connectivity index is 1.78. The van der Waals surface area contributed by atoms with Crippen molar-refractivity contribution in [3.8, 4) is 0 Å². The van der Waals surface area contributed by atoms with Crippen LogP contribution in [0.4, 0.5) is 5.69 Å². The number of thiazole rings is 1. The number of aromatic nitrogens is 1. The molecule has 0 aliphatic heterocycles. The average Bonchev–Trinajstić information content (AvgIpc) is 3.41. The third-order valence-electron chi connectivity index (χ3n) is 5.48. The minimum atomic E-state index is 0.920. The van der Waals surface area contributed by atoms with E-state index in [0.29, 0.717) is 0 Å². The molecule has 2 aromatic carbocycles. The molecule has 1 aromatic heterocycles. The number of rotatable bonds is 7. The van der Waals surface area contributed by atoms with E-state index in [1.54, 1.807) is 0 Å². The lowest BCUT2D eigenvalue weighted by Gasteiger charge is -2.28. The van der Waals surface area contributed by atoms with E-state index in [1.165, 1.54) is 37.9 Å². The topological polar surface area (TPSA) is 7.12 Å². The Bertz CT molecular complexity index is 1210. The summed E-state index contributed by atoms with van der Waals surface area (Å²) in [5, 5.41) is 1.28. The lowest BCUT2D eigenvalue weighted by molar-refractivity contribution is -0.665. The van der Waals surface area contributed by atoms with Crippen LogP contribution in [-0.4, -0.2) is 0 Å². The monoisotopic (exact) mass is 425 g/mol. The molecule has 0 atom stereocenters. The van der Waals surface area contributed by atoms with Crippen LogP contribution in [0.2, 0.25) is 0 Å². The predicted molar refractivity (Wildman–Crippen MR) is 135 cm³/mol. The number of nitrogens with zero attached hydrogens (tertiary/aromatic N) is 2. The van der Waals surface area contributed by atoms with Crippen LogP contribution in [0.15, 0.2) is 108 Å². The van der Waals surface area contributed by atoms with Crippen LogP contribution in [0.3, 0.4) is 0 Å². The van der Waals surface area contributed by atoms with Crippen molar-refractivity contribution in [3.63, 3.8) is 0 Å². The first-order valence-corrected chi connectivity index (χ1v) is 11.7. The second-order valence-electron chi connectivity index (χ2n) is 7.38. The Morgan fingerprint density at radius 2 is 1.81 bits per heavy atom. The SMILES string of the molecule is C/C=C\C(=C/C)N(C1=C(/C=C/c2sc3ccccc3[n+]2CC)C=CC1)c1ccccc1. The van der Waals surface area contributed by atoms with E-state index in [-0.39, 0.29) is 0 Å². The van der Waals surface area contributed by atoms with Crippen molar-refractivity contribution in [2.75, 3.05) is 4.90 Å². The van der Waals surface area contributed by atoms with Gasteiger partial charge in [0.25, 0.3) is 5.01 Å². The maximum atomic E-state index is 2.39. The fraction of sp³-hybridized carbons (Fsp3) is 0.179. The van der Waals surface area contributed by atoms with E-state index < -0.39 is 0 Å². The maximum absolute atomic E-state index is 2.39. The van der Waals surface area contributed by atoms with E-state index >= 15 is 0 Å². The molecule has 0 bridgehead atoms. The van der Waals surface area contributed by atoms with Gasteiger partial charge in [-0.15, -0.1) is 0 Å². The normalized spacial score (nSPS) is 14.6. The molecule has 156 valence electrons. The molecule has 1 aliphatic carbocycles. The molecule has 0 fully saturated rings. The van der Waals surface area contributed by atoms with E-state index in [2.05, 4.69) is 127 Å². The number of hydrogen-bond donors (Lipinski definition) is 0. The summed E-state index contributed by atoms with van der Waals surface area (Å²) in [6.07, 6.45) is 16.4. The van der Waals surface area contributed by atoms with Crippen LogP contribution in [0.25, 0.3) is 16.3 Å². The van der Waals surface area contributed by atoms with Gasteiger partial charge >= 0.3 is 0 Å². The van der Waals surface area contributed by atoms with E-state index in [1.807, 2.05) is 11.3 Å². The third kappa shape index (κ3) is 4.33. The van der Waals surface area contributed by atoms with Crippen LogP contribution in [-0.2, 0) is 6.54 Å². The van der Waals surface area contributed by atoms with Crippen LogP contribution < -0.4 is 9.47 Å². The molecule has 2 nitrogen and oxygen atoms in total. The van der Waals surface area contributed by atoms with Gasteiger partial charge in [-0.2, -0.15) is 4.57 Å². The summed E-state index contributed by atoms with van der Waals surface area (Å²) in [4.78, 5) is 2.37. The van der Waals surface area contributed by atoms with Crippen molar-refractivity contribution in [1.29, 1.82) is 0 Å². The molecule has 1 heterocycles. The molecule has 0 saturated carbocycles. The smallest absolute Gasteiger partial charge is 0.262 e. The van der Waals surface area contributed by atoms with Crippen molar-refractivity contribution < 1.29 is 4.57 Å². The molecule has 31 heavy (non-hydrogen) atoms. The van der Waals surface area contributed by atoms with Crippen LogP contribution in [0, 0.1) is 0 Å². The zero-order valence-corrected chi connectivity index (χ0v) is 19.3. The summed E-state index contributed by atoms with van der Waals surface area (Å²) in [6.45, 7) is 7.35. The standard InChI is InChI=1S/C28H29N2S/c1-4-13-23(5-2)30(24-15-8-7-9-16-24)25-18-12-14-22(25)20-21-28-29(6-3)26-17-10-11-19-27(26)31-28/h4-5,7-17,19-21H,6,18H2,1-3H3/q+1/b13-4-,23-5+. The van der Waals surface area contributed by atoms with Gasteiger partial charge in [0.2, 0.25) is 5.52 Å². The average molecular weight is 426 g/mol. The van der Waals surface area contributed by atoms with Crippen molar-refractivity contribution in [2.24, 2.45) is 0 Å². The number of aryl methyl sites for hydroxylation is 1. The quantitative estimate of drug-likeness (QED) is 0.282. The van der Waals surface area contributed by atoms with Gasteiger partial charge in [-0.05, 0) is 56.7 Å². The molecule has 0 amide bonds. The highest BCUT2D eigenvalue weighted by molar-refractivity contribution is 7.18. The Morgan fingerprint density at radius 1 is 1.03 bits per heavy atom. The number of anilines is 1. The van der Waals surface area contributed by atoms with Gasteiger partial charge in [0.05, 0.1) is 0 Å². The Morgan fingerprint density at radius 3 is 2.55 bits per heavy atom. The Kier molecular flexibility index (Phi) is 6.63. The number of benzene rings is 2. The zero-order chi connectivity index (χ0) is 21.6. The van der Waals surface area contributed by atoms with Gasteiger partial charge in [0, 0.05) is 35.6 Å². The largest absolute Gasteiger partial charge is 0.314 e. The fourth-order valence-electron chi connectivity index (χ4n) is 4.06. The molecule has 3 heteroatoms. The minimum absolute atomic E-state index is 0.920.